The lowest BCUT2D eigenvalue weighted by Crippen LogP contribution is -2.47. The summed E-state index contributed by atoms with van der Waals surface area (Å²) in [6.45, 7) is 7.72. The molecule has 1 fully saturated rings. The standard InChI is InChI=1S/C14H25N3S/c1-5-15-13(14(3)7-6-8-18-14)10-12-9-11(2)16-17(12)4/h9,13,15H,5-8,10H2,1-4H3. The molecule has 0 saturated carbocycles. The van der Waals surface area contributed by atoms with Crippen molar-refractivity contribution < 1.29 is 0 Å². The van der Waals surface area contributed by atoms with Gasteiger partial charge in [-0.2, -0.15) is 16.9 Å². The molecule has 2 unspecified atom stereocenters. The van der Waals surface area contributed by atoms with Crippen LogP contribution in [0.5, 0.6) is 0 Å². The molecule has 1 N–H and O–H groups in total. The van der Waals surface area contributed by atoms with E-state index in [9.17, 15) is 0 Å². The maximum absolute atomic E-state index is 4.46. The predicted octanol–water partition coefficient (Wildman–Crippen LogP) is 2.53. The van der Waals surface area contributed by atoms with E-state index < -0.39 is 0 Å². The van der Waals surface area contributed by atoms with Gasteiger partial charge in [0.05, 0.1) is 5.69 Å². The molecular weight excluding hydrogens is 242 g/mol. The number of thioether (sulfide) groups is 1. The average molecular weight is 267 g/mol. The van der Waals surface area contributed by atoms with Gasteiger partial charge in [-0.05, 0) is 45.1 Å². The van der Waals surface area contributed by atoms with Crippen LogP contribution in [0.1, 0.15) is 38.1 Å². The van der Waals surface area contributed by atoms with Gasteiger partial charge in [-0.15, -0.1) is 0 Å². The molecule has 2 atom stereocenters. The van der Waals surface area contributed by atoms with Gasteiger partial charge >= 0.3 is 0 Å². The molecule has 102 valence electrons. The summed E-state index contributed by atoms with van der Waals surface area (Å²) >= 11 is 2.13. The largest absolute Gasteiger partial charge is 0.312 e. The molecule has 0 aliphatic carbocycles. The van der Waals surface area contributed by atoms with Gasteiger partial charge in [0, 0.05) is 30.0 Å². The van der Waals surface area contributed by atoms with Crippen LogP contribution >= 0.6 is 11.8 Å². The molecule has 18 heavy (non-hydrogen) atoms. The number of nitrogens with one attached hydrogen (secondary N) is 1. The van der Waals surface area contributed by atoms with E-state index in [1.165, 1.54) is 24.3 Å². The Hall–Kier alpha value is -0.480. The van der Waals surface area contributed by atoms with Crippen molar-refractivity contribution in [1.29, 1.82) is 0 Å². The number of nitrogens with zero attached hydrogens (tertiary/aromatic N) is 2. The van der Waals surface area contributed by atoms with E-state index >= 15 is 0 Å². The highest BCUT2D eigenvalue weighted by Crippen LogP contribution is 2.41. The Balaban J connectivity index is 2.13. The van der Waals surface area contributed by atoms with Gasteiger partial charge in [-0.25, -0.2) is 0 Å². The summed E-state index contributed by atoms with van der Waals surface area (Å²) in [5.74, 6) is 1.31. The number of aromatic nitrogens is 2. The van der Waals surface area contributed by atoms with Gasteiger partial charge < -0.3 is 5.32 Å². The molecule has 2 rings (SSSR count). The second-order valence-electron chi connectivity index (χ2n) is 5.48. The van der Waals surface area contributed by atoms with Gasteiger partial charge in [0.1, 0.15) is 0 Å². The Morgan fingerprint density at radius 3 is 2.89 bits per heavy atom. The molecule has 1 aromatic rings. The minimum Gasteiger partial charge on any atom is -0.312 e. The van der Waals surface area contributed by atoms with Crippen molar-refractivity contribution >= 4 is 11.8 Å². The van der Waals surface area contributed by atoms with Gasteiger partial charge in [0.2, 0.25) is 0 Å². The van der Waals surface area contributed by atoms with Gasteiger partial charge in [-0.1, -0.05) is 6.92 Å². The monoisotopic (exact) mass is 267 g/mol. The van der Waals surface area contributed by atoms with Crippen LogP contribution in [0.3, 0.4) is 0 Å². The first-order chi connectivity index (χ1) is 8.55. The van der Waals surface area contributed by atoms with Crippen molar-refractivity contribution in [3.63, 3.8) is 0 Å². The maximum Gasteiger partial charge on any atom is 0.0596 e. The average Bonchev–Trinajstić information content (AvgIpc) is 2.86. The van der Waals surface area contributed by atoms with Gasteiger partial charge in [0.15, 0.2) is 0 Å². The van der Waals surface area contributed by atoms with Crippen molar-refractivity contribution in [3.05, 3.63) is 17.5 Å². The van der Waals surface area contributed by atoms with Crippen LogP contribution in [0.2, 0.25) is 0 Å². The topological polar surface area (TPSA) is 29.9 Å². The molecule has 4 heteroatoms. The molecule has 3 nitrogen and oxygen atoms in total. The number of rotatable bonds is 5. The molecule has 0 amide bonds. The molecule has 0 spiro atoms. The zero-order valence-corrected chi connectivity index (χ0v) is 12.8. The zero-order valence-electron chi connectivity index (χ0n) is 12.0. The lowest BCUT2D eigenvalue weighted by atomic mass is 9.92. The minimum absolute atomic E-state index is 0.383. The van der Waals surface area contributed by atoms with Crippen molar-refractivity contribution in [2.24, 2.45) is 7.05 Å². The summed E-state index contributed by atoms with van der Waals surface area (Å²) in [6.07, 6.45) is 3.76. The van der Waals surface area contributed by atoms with Crippen LogP contribution < -0.4 is 5.32 Å². The van der Waals surface area contributed by atoms with Crippen molar-refractivity contribution in [3.8, 4) is 0 Å². The predicted molar refractivity (Wildman–Crippen MR) is 79.2 cm³/mol. The van der Waals surface area contributed by atoms with E-state index in [0.29, 0.717) is 10.8 Å². The van der Waals surface area contributed by atoms with E-state index in [4.69, 9.17) is 0 Å². The lowest BCUT2D eigenvalue weighted by Gasteiger charge is -2.34. The third-order valence-corrected chi connectivity index (χ3v) is 5.59. The molecule has 1 aromatic heterocycles. The van der Waals surface area contributed by atoms with Crippen LogP contribution in [0.15, 0.2) is 6.07 Å². The highest BCUT2D eigenvalue weighted by molar-refractivity contribution is 8.00. The van der Waals surface area contributed by atoms with E-state index in [0.717, 1.165) is 18.7 Å². The molecular formula is C14H25N3S. The quantitative estimate of drug-likeness (QED) is 0.889. The van der Waals surface area contributed by atoms with Crippen LogP contribution in [0.25, 0.3) is 0 Å². The van der Waals surface area contributed by atoms with Gasteiger partial charge in [0.25, 0.3) is 0 Å². The lowest BCUT2D eigenvalue weighted by molar-refractivity contribution is 0.399. The number of aryl methyl sites for hydroxylation is 2. The second-order valence-corrected chi connectivity index (χ2v) is 7.11. The summed E-state index contributed by atoms with van der Waals surface area (Å²) in [5.41, 5.74) is 2.46. The Bertz CT molecular complexity index is 394. The minimum atomic E-state index is 0.383. The van der Waals surface area contributed by atoms with Crippen molar-refractivity contribution in [2.75, 3.05) is 12.3 Å². The Labute approximate surface area is 115 Å². The fourth-order valence-corrected chi connectivity index (χ4v) is 4.30. The third kappa shape index (κ3) is 2.91. The smallest absolute Gasteiger partial charge is 0.0596 e. The maximum atomic E-state index is 4.46. The number of likely N-dealkylation sites (N-methyl/N-ethyl adjacent to an activating group) is 1. The molecule has 1 saturated heterocycles. The van der Waals surface area contributed by atoms with Gasteiger partial charge in [-0.3, -0.25) is 4.68 Å². The SMILES string of the molecule is CCNC(Cc1cc(C)nn1C)C1(C)CCCS1. The Morgan fingerprint density at radius 2 is 2.39 bits per heavy atom. The second kappa shape index (κ2) is 5.66. The van der Waals surface area contributed by atoms with Crippen LogP contribution in [-0.4, -0.2) is 32.9 Å². The Morgan fingerprint density at radius 1 is 1.61 bits per heavy atom. The summed E-state index contributed by atoms with van der Waals surface area (Å²) in [6, 6.07) is 2.76. The van der Waals surface area contributed by atoms with E-state index in [1.54, 1.807) is 0 Å². The third-order valence-electron chi connectivity index (χ3n) is 3.95. The van der Waals surface area contributed by atoms with E-state index in [2.05, 4.69) is 56.1 Å². The highest BCUT2D eigenvalue weighted by Gasteiger charge is 2.37. The van der Waals surface area contributed by atoms with Crippen LogP contribution in [-0.2, 0) is 13.5 Å². The first-order valence-corrected chi connectivity index (χ1v) is 7.90. The molecule has 0 bridgehead atoms. The molecule has 2 heterocycles. The number of hydrogen-bond acceptors (Lipinski definition) is 3. The fourth-order valence-electron chi connectivity index (χ4n) is 2.89. The first-order valence-electron chi connectivity index (χ1n) is 6.92. The zero-order chi connectivity index (χ0) is 13.2. The van der Waals surface area contributed by atoms with Crippen LogP contribution in [0.4, 0.5) is 0 Å². The molecule has 1 aliphatic heterocycles. The number of hydrogen-bond donors (Lipinski definition) is 1. The molecule has 0 radical (unpaired) electrons. The van der Waals surface area contributed by atoms with Crippen LogP contribution in [0, 0.1) is 6.92 Å². The van der Waals surface area contributed by atoms with E-state index in [-0.39, 0.29) is 0 Å². The summed E-state index contributed by atoms with van der Waals surface area (Å²) in [5, 5.41) is 8.14. The highest BCUT2D eigenvalue weighted by atomic mass is 32.2. The summed E-state index contributed by atoms with van der Waals surface area (Å²) in [7, 11) is 2.05. The van der Waals surface area contributed by atoms with E-state index in [1.807, 2.05) is 4.68 Å². The summed E-state index contributed by atoms with van der Waals surface area (Å²) < 4.78 is 2.41. The Kier molecular flexibility index (Phi) is 4.38. The summed E-state index contributed by atoms with van der Waals surface area (Å²) in [4.78, 5) is 0. The normalized spacial score (nSPS) is 25.6. The first kappa shape index (κ1) is 13.9. The fraction of sp³-hybridized carbons (Fsp3) is 0.786. The van der Waals surface area contributed by atoms with Crippen molar-refractivity contribution in [1.82, 2.24) is 15.1 Å². The molecule has 0 aromatic carbocycles. The van der Waals surface area contributed by atoms with Crippen molar-refractivity contribution in [2.45, 2.75) is 50.8 Å². The molecule has 1 aliphatic rings.